The van der Waals surface area contributed by atoms with Gasteiger partial charge in [0.1, 0.15) is 22.9 Å². The van der Waals surface area contributed by atoms with E-state index < -0.39 is 5.97 Å². The smallest absolute Gasteiger partial charge is 0.344 e. The van der Waals surface area contributed by atoms with E-state index in [-0.39, 0.29) is 18.8 Å². The summed E-state index contributed by atoms with van der Waals surface area (Å²) in [5.74, 6) is 0.419. The van der Waals surface area contributed by atoms with E-state index in [9.17, 15) is 9.59 Å². The maximum atomic E-state index is 11.8. The molecule has 2 heterocycles. The molecule has 2 aromatic heterocycles. The Kier molecular flexibility index (Phi) is 4.38. The van der Waals surface area contributed by atoms with Crippen LogP contribution in [-0.2, 0) is 16.1 Å². The molecule has 0 amide bonds. The minimum absolute atomic E-state index is 0.100. The van der Waals surface area contributed by atoms with E-state index in [2.05, 4.69) is 9.97 Å². The Hall–Kier alpha value is -2.67. The molecule has 0 saturated carbocycles. The maximum absolute atomic E-state index is 11.8. The first kappa shape index (κ1) is 15.2. The lowest BCUT2D eigenvalue weighted by Gasteiger charge is -2.08. The van der Waals surface area contributed by atoms with Gasteiger partial charge in [-0.1, -0.05) is 18.2 Å². The second kappa shape index (κ2) is 6.62. The quantitative estimate of drug-likeness (QED) is 0.727. The third-order valence-electron chi connectivity index (χ3n) is 3.17. The van der Waals surface area contributed by atoms with Crippen molar-refractivity contribution in [2.45, 2.75) is 13.5 Å². The van der Waals surface area contributed by atoms with Crippen molar-refractivity contribution >= 4 is 27.5 Å². The van der Waals surface area contributed by atoms with Crippen molar-refractivity contribution < 1.29 is 14.3 Å². The lowest BCUT2D eigenvalue weighted by atomic mass is 10.2. The number of carbonyl (C=O) groups is 1. The number of aromatic nitrogens is 2. The number of aromatic amines is 1. The van der Waals surface area contributed by atoms with Crippen LogP contribution in [0.4, 0.5) is 0 Å². The second-order valence-corrected chi connectivity index (χ2v) is 5.78. The van der Waals surface area contributed by atoms with Crippen LogP contribution in [0.15, 0.2) is 40.5 Å². The summed E-state index contributed by atoms with van der Waals surface area (Å²) in [4.78, 5) is 30.4. The average molecular weight is 330 g/mol. The van der Waals surface area contributed by atoms with Gasteiger partial charge in [-0.2, -0.15) is 0 Å². The molecule has 0 aliphatic carbocycles. The van der Waals surface area contributed by atoms with E-state index in [1.54, 1.807) is 17.5 Å². The van der Waals surface area contributed by atoms with E-state index in [1.807, 2.05) is 25.1 Å². The largest absolute Gasteiger partial charge is 0.482 e. The molecule has 1 aromatic carbocycles. The molecule has 0 aliphatic heterocycles. The second-order valence-electron chi connectivity index (χ2n) is 4.86. The van der Waals surface area contributed by atoms with Gasteiger partial charge in [0, 0.05) is 0 Å². The molecular formula is C16H14N2O4S. The summed E-state index contributed by atoms with van der Waals surface area (Å²) in [7, 11) is 0. The van der Waals surface area contributed by atoms with Gasteiger partial charge in [-0.25, -0.2) is 9.78 Å². The Bertz CT molecular complexity index is 900. The molecular weight excluding hydrogens is 316 g/mol. The van der Waals surface area contributed by atoms with Crippen molar-refractivity contribution in [3.05, 3.63) is 57.5 Å². The minimum atomic E-state index is -0.527. The van der Waals surface area contributed by atoms with E-state index in [4.69, 9.17) is 9.47 Å². The lowest BCUT2D eigenvalue weighted by molar-refractivity contribution is -0.147. The number of aryl methyl sites for hydroxylation is 1. The van der Waals surface area contributed by atoms with E-state index in [0.29, 0.717) is 21.8 Å². The maximum Gasteiger partial charge on any atom is 0.344 e. The van der Waals surface area contributed by atoms with Crippen LogP contribution in [0.2, 0.25) is 0 Å². The summed E-state index contributed by atoms with van der Waals surface area (Å²) in [6.07, 6.45) is 0. The summed E-state index contributed by atoms with van der Waals surface area (Å²) in [5.41, 5.74) is 1.31. The van der Waals surface area contributed by atoms with Crippen LogP contribution in [0.25, 0.3) is 10.2 Å². The predicted molar refractivity (Wildman–Crippen MR) is 86.7 cm³/mol. The number of benzene rings is 1. The van der Waals surface area contributed by atoms with Gasteiger partial charge in [0.15, 0.2) is 6.61 Å². The normalized spacial score (nSPS) is 10.7. The molecule has 6 nitrogen and oxygen atoms in total. The lowest BCUT2D eigenvalue weighted by Crippen LogP contribution is -2.17. The number of H-pyrrole nitrogens is 1. The number of fused-ring (bicyclic) bond motifs is 1. The zero-order valence-electron chi connectivity index (χ0n) is 12.4. The molecule has 0 unspecified atom stereocenters. The summed E-state index contributed by atoms with van der Waals surface area (Å²) in [6, 6.07) is 9.15. The molecule has 3 aromatic rings. The average Bonchev–Trinajstić information content (AvgIpc) is 3.01. The fourth-order valence-corrected chi connectivity index (χ4v) is 2.76. The number of hydrogen-bond donors (Lipinski definition) is 1. The third kappa shape index (κ3) is 3.57. The highest BCUT2D eigenvalue weighted by Crippen LogP contribution is 2.16. The summed E-state index contributed by atoms with van der Waals surface area (Å²) in [5, 5.41) is 1.79. The van der Waals surface area contributed by atoms with Crippen molar-refractivity contribution in [2.24, 2.45) is 0 Å². The molecule has 7 heteroatoms. The topological polar surface area (TPSA) is 81.3 Å². The van der Waals surface area contributed by atoms with Crippen LogP contribution in [0.5, 0.6) is 5.75 Å². The summed E-state index contributed by atoms with van der Waals surface area (Å²) >= 11 is 1.32. The number of para-hydroxylation sites is 1. The molecule has 0 radical (unpaired) electrons. The van der Waals surface area contributed by atoms with Crippen molar-refractivity contribution in [3.63, 3.8) is 0 Å². The first-order valence-corrected chi connectivity index (χ1v) is 7.82. The van der Waals surface area contributed by atoms with Crippen LogP contribution < -0.4 is 10.3 Å². The fraction of sp³-hybridized carbons (Fsp3) is 0.188. The monoisotopic (exact) mass is 330 g/mol. The molecule has 3 rings (SSSR count). The van der Waals surface area contributed by atoms with Crippen LogP contribution in [0.3, 0.4) is 0 Å². The first-order valence-electron chi connectivity index (χ1n) is 6.94. The molecule has 0 atom stereocenters. The molecule has 0 saturated heterocycles. The van der Waals surface area contributed by atoms with Gasteiger partial charge >= 0.3 is 5.97 Å². The first-order chi connectivity index (χ1) is 11.1. The Morgan fingerprint density at radius 3 is 2.96 bits per heavy atom. The van der Waals surface area contributed by atoms with Gasteiger partial charge in [0.25, 0.3) is 5.56 Å². The highest BCUT2D eigenvalue weighted by atomic mass is 32.1. The predicted octanol–water partition coefficient (Wildman–Crippen LogP) is 2.42. The number of ether oxygens (including phenoxy) is 2. The molecule has 0 spiro atoms. The van der Waals surface area contributed by atoms with E-state index in [1.165, 1.54) is 11.3 Å². The zero-order chi connectivity index (χ0) is 16.2. The Morgan fingerprint density at radius 2 is 2.13 bits per heavy atom. The Balaban J connectivity index is 1.58. The Morgan fingerprint density at radius 1 is 1.30 bits per heavy atom. The number of esters is 1. The molecule has 23 heavy (non-hydrogen) atoms. The van der Waals surface area contributed by atoms with Crippen LogP contribution in [0.1, 0.15) is 11.4 Å². The van der Waals surface area contributed by atoms with Crippen molar-refractivity contribution in [1.29, 1.82) is 0 Å². The number of nitrogens with zero attached hydrogens (tertiary/aromatic N) is 1. The molecule has 0 aliphatic rings. The number of thiophene rings is 1. The van der Waals surface area contributed by atoms with E-state index in [0.717, 1.165) is 5.56 Å². The highest BCUT2D eigenvalue weighted by molar-refractivity contribution is 7.17. The zero-order valence-corrected chi connectivity index (χ0v) is 13.2. The van der Waals surface area contributed by atoms with Gasteiger partial charge in [0.2, 0.25) is 0 Å². The van der Waals surface area contributed by atoms with E-state index >= 15 is 0 Å². The summed E-state index contributed by atoms with van der Waals surface area (Å²) in [6.45, 7) is 1.60. The Labute approximate surface area is 135 Å². The standard InChI is InChI=1S/C16H14N2O4S/c1-10-4-2-3-5-12(10)21-9-14(19)22-8-13-17-11-6-7-23-15(11)16(20)18-13/h2-7H,8-9H2,1H3,(H,17,18,20). The van der Waals surface area contributed by atoms with Crippen molar-refractivity contribution in [2.75, 3.05) is 6.61 Å². The third-order valence-corrected chi connectivity index (χ3v) is 4.08. The number of hydrogen-bond acceptors (Lipinski definition) is 6. The van der Waals surface area contributed by atoms with Gasteiger partial charge in [0.05, 0.1) is 5.52 Å². The molecule has 0 fully saturated rings. The van der Waals surface area contributed by atoms with Crippen LogP contribution in [-0.4, -0.2) is 22.5 Å². The number of nitrogens with one attached hydrogen (secondary N) is 1. The van der Waals surface area contributed by atoms with Crippen molar-refractivity contribution in [3.8, 4) is 5.75 Å². The van der Waals surface area contributed by atoms with Gasteiger partial charge in [-0.15, -0.1) is 11.3 Å². The van der Waals surface area contributed by atoms with Gasteiger partial charge < -0.3 is 14.5 Å². The van der Waals surface area contributed by atoms with Gasteiger partial charge in [-0.05, 0) is 30.0 Å². The molecule has 1 N–H and O–H groups in total. The summed E-state index contributed by atoms with van der Waals surface area (Å²) < 4.78 is 11.0. The number of carbonyl (C=O) groups excluding carboxylic acids is 1. The molecule has 118 valence electrons. The van der Waals surface area contributed by atoms with Crippen molar-refractivity contribution in [1.82, 2.24) is 9.97 Å². The van der Waals surface area contributed by atoms with Crippen LogP contribution >= 0.6 is 11.3 Å². The minimum Gasteiger partial charge on any atom is -0.482 e. The highest BCUT2D eigenvalue weighted by Gasteiger charge is 2.09. The van der Waals surface area contributed by atoms with Crippen LogP contribution in [0, 0.1) is 6.92 Å². The fourth-order valence-electron chi connectivity index (χ4n) is 2.04. The number of rotatable bonds is 5. The SMILES string of the molecule is Cc1ccccc1OCC(=O)OCc1nc2ccsc2c(=O)[nH]1. The molecule has 0 bridgehead atoms. The van der Waals surface area contributed by atoms with Gasteiger partial charge in [-0.3, -0.25) is 4.79 Å².